The number of rotatable bonds is 2. The van der Waals surface area contributed by atoms with Gasteiger partial charge in [0, 0.05) is 11.6 Å². The van der Waals surface area contributed by atoms with Gasteiger partial charge < -0.3 is 24.3 Å². The Morgan fingerprint density at radius 1 is 1.11 bits per heavy atom. The van der Waals surface area contributed by atoms with Crippen molar-refractivity contribution in [3.8, 4) is 0 Å². The van der Waals surface area contributed by atoms with Crippen LogP contribution < -0.4 is 0 Å². The number of benzene rings is 1. The number of aliphatic hydroxyl groups excluding tert-OH is 2. The molecule has 2 aliphatic heterocycles. The molecule has 2 aliphatic rings. The first-order chi connectivity index (χ1) is 13.5. The highest BCUT2D eigenvalue weighted by atomic mass is 16.6. The van der Waals surface area contributed by atoms with Crippen LogP contribution in [0.3, 0.4) is 0 Å². The molecule has 0 aliphatic carbocycles. The lowest BCUT2D eigenvalue weighted by molar-refractivity contribution is -0.113. The first-order valence-corrected chi connectivity index (χ1v) is 9.55. The predicted molar refractivity (Wildman–Crippen MR) is 102 cm³/mol. The summed E-state index contributed by atoms with van der Waals surface area (Å²) in [6.45, 7) is 4.53. The summed E-state index contributed by atoms with van der Waals surface area (Å²) in [5.41, 5.74) is 4.95. The third-order valence-electron chi connectivity index (χ3n) is 5.83. The molecule has 0 amide bonds. The summed E-state index contributed by atoms with van der Waals surface area (Å²) >= 11 is 0. The van der Waals surface area contributed by atoms with Crippen LogP contribution in [-0.4, -0.2) is 49.7 Å². The summed E-state index contributed by atoms with van der Waals surface area (Å²) < 4.78 is 13.9. The molecule has 1 saturated heterocycles. The SMILES string of the molecule is Cc1ccc2c(c1)CCO[C@H]2[C@H]1O[C@@H](n2ccc3c(C)ncnc32)[C@H](O)[C@@H]1O. The maximum absolute atomic E-state index is 10.8. The van der Waals surface area contributed by atoms with Gasteiger partial charge in [-0.3, -0.25) is 0 Å². The number of ether oxygens (including phenoxy) is 2. The van der Waals surface area contributed by atoms with Crippen molar-refractivity contribution in [2.24, 2.45) is 0 Å². The van der Waals surface area contributed by atoms with Gasteiger partial charge in [-0.05, 0) is 37.5 Å². The second-order valence-corrected chi connectivity index (χ2v) is 7.64. The minimum absolute atomic E-state index is 0.419. The molecule has 7 nitrogen and oxygen atoms in total. The van der Waals surface area contributed by atoms with E-state index in [1.807, 2.05) is 31.3 Å². The maximum Gasteiger partial charge on any atom is 0.164 e. The second kappa shape index (κ2) is 6.63. The quantitative estimate of drug-likeness (QED) is 0.706. The molecular formula is C21H23N3O4. The topological polar surface area (TPSA) is 89.6 Å². The van der Waals surface area contributed by atoms with Crippen molar-refractivity contribution in [3.05, 3.63) is 59.2 Å². The lowest BCUT2D eigenvalue weighted by Crippen LogP contribution is -2.37. The molecule has 2 N–H and O–H groups in total. The standard InChI is InChI=1S/C21H23N3O4/c1-11-3-4-15-13(9-11)6-8-27-18(15)19-16(25)17(26)21(28-19)24-7-5-14-12(2)22-10-23-20(14)24/h3-5,7,9-10,16-19,21,25-26H,6,8H2,1-2H3/t16-,17+,18+,19-,21+/m0/s1. The summed E-state index contributed by atoms with van der Waals surface area (Å²) in [6.07, 6.45) is 0.157. The molecule has 0 saturated carbocycles. The van der Waals surface area contributed by atoms with E-state index in [2.05, 4.69) is 23.0 Å². The number of fused-ring (bicyclic) bond motifs is 2. The number of hydrogen-bond acceptors (Lipinski definition) is 6. The van der Waals surface area contributed by atoms with Crippen LogP contribution in [0.4, 0.5) is 0 Å². The fraction of sp³-hybridized carbons (Fsp3) is 0.429. The molecule has 2 aromatic heterocycles. The molecule has 0 bridgehead atoms. The van der Waals surface area contributed by atoms with Crippen molar-refractivity contribution >= 4 is 11.0 Å². The van der Waals surface area contributed by atoms with Crippen molar-refractivity contribution in [3.63, 3.8) is 0 Å². The number of hydrogen-bond donors (Lipinski definition) is 2. The van der Waals surface area contributed by atoms with Crippen molar-refractivity contribution in [1.82, 2.24) is 14.5 Å². The van der Waals surface area contributed by atoms with Crippen LogP contribution in [0.5, 0.6) is 0 Å². The van der Waals surface area contributed by atoms with Gasteiger partial charge in [0.15, 0.2) is 6.23 Å². The summed E-state index contributed by atoms with van der Waals surface area (Å²) in [5, 5.41) is 22.4. The van der Waals surface area contributed by atoms with Crippen LogP contribution in [0.1, 0.15) is 34.7 Å². The summed E-state index contributed by atoms with van der Waals surface area (Å²) in [4.78, 5) is 8.54. The van der Waals surface area contributed by atoms with E-state index in [1.54, 1.807) is 4.57 Å². The highest BCUT2D eigenvalue weighted by molar-refractivity contribution is 5.78. The van der Waals surface area contributed by atoms with Crippen molar-refractivity contribution < 1.29 is 19.7 Å². The molecule has 28 heavy (non-hydrogen) atoms. The highest BCUT2D eigenvalue weighted by Gasteiger charge is 2.49. The zero-order chi connectivity index (χ0) is 19.4. The molecule has 5 atom stereocenters. The summed E-state index contributed by atoms with van der Waals surface area (Å²) in [6, 6.07) is 8.12. The Morgan fingerprint density at radius 3 is 2.82 bits per heavy atom. The van der Waals surface area contributed by atoms with Crippen LogP contribution in [0, 0.1) is 13.8 Å². The third-order valence-corrected chi connectivity index (χ3v) is 5.83. The van der Waals surface area contributed by atoms with Crippen LogP contribution in [0.15, 0.2) is 36.8 Å². The minimum atomic E-state index is -1.09. The first-order valence-electron chi connectivity index (χ1n) is 9.55. The molecule has 1 fully saturated rings. The van der Waals surface area contributed by atoms with Crippen molar-refractivity contribution in [2.75, 3.05) is 6.61 Å². The van der Waals surface area contributed by atoms with Gasteiger partial charge in [0.05, 0.1) is 12.3 Å². The van der Waals surface area contributed by atoms with Gasteiger partial charge in [-0.2, -0.15) is 0 Å². The number of aromatic nitrogens is 3. The average molecular weight is 381 g/mol. The maximum atomic E-state index is 10.8. The van der Waals surface area contributed by atoms with Crippen LogP contribution in [0.25, 0.3) is 11.0 Å². The van der Waals surface area contributed by atoms with Gasteiger partial charge in [0.2, 0.25) is 0 Å². The van der Waals surface area contributed by atoms with Crippen molar-refractivity contribution in [2.45, 2.75) is 50.9 Å². The molecule has 1 aromatic carbocycles. The largest absolute Gasteiger partial charge is 0.387 e. The second-order valence-electron chi connectivity index (χ2n) is 7.64. The monoisotopic (exact) mass is 381 g/mol. The van der Waals surface area contributed by atoms with Crippen LogP contribution in [0.2, 0.25) is 0 Å². The van der Waals surface area contributed by atoms with Gasteiger partial charge >= 0.3 is 0 Å². The number of aliphatic hydroxyl groups is 2. The third kappa shape index (κ3) is 2.66. The van der Waals surface area contributed by atoms with Gasteiger partial charge in [-0.15, -0.1) is 0 Å². The van der Waals surface area contributed by atoms with E-state index in [0.717, 1.165) is 23.1 Å². The van der Waals surface area contributed by atoms with E-state index >= 15 is 0 Å². The number of nitrogens with zero attached hydrogens (tertiary/aromatic N) is 3. The predicted octanol–water partition coefficient (Wildman–Crippen LogP) is 1.98. The van der Waals surface area contributed by atoms with Gasteiger partial charge in [0.25, 0.3) is 0 Å². The Hall–Kier alpha value is -2.32. The van der Waals surface area contributed by atoms with E-state index in [-0.39, 0.29) is 0 Å². The fourth-order valence-electron chi connectivity index (χ4n) is 4.35. The molecule has 0 unspecified atom stereocenters. The Labute approximate surface area is 162 Å². The van der Waals surface area contributed by atoms with Crippen LogP contribution in [-0.2, 0) is 15.9 Å². The van der Waals surface area contributed by atoms with Gasteiger partial charge in [-0.25, -0.2) is 9.97 Å². The zero-order valence-electron chi connectivity index (χ0n) is 15.8. The van der Waals surface area contributed by atoms with E-state index in [0.29, 0.717) is 12.3 Å². The smallest absolute Gasteiger partial charge is 0.164 e. The van der Waals surface area contributed by atoms with E-state index in [9.17, 15) is 10.2 Å². The number of aryl methyl sites for hydroxylation is 2. The fourth-order valence-corrected chi connectivity index (χ4v) is 4.35. The Balaban J connectivity index is 1.50. The molecule has 5 rings (SSSR count). The average Bonchev–Trinajstić information content (AvgIpc) is 3.24. The lowest BCUT2D eigenvalue weighted by Gasteiger charge is -2.31. The molecular weight excluding hydrogens is 358 g/mol. The van der Waals surface area contributed by atoms with Gasteiger partial charge in [-0.1, -0.05) is 23.8 Å². The summed E-state index contributed by atoms with van der Waals surface area (Å²) in [7, 11) is 0. The molecule has 0 radical (unpaired) electrons. The molecule has 0 spiro atoms. The minimum Gasteiger partial charge on any atom is -0.387 e. The van der Waals surface area contributed by atoms with Crippen LogP contribution >= 0.6 is 0 Å². The summed E-state index contributed by atoms with van der Waals surface area (Å²) in [5.74, 6) is 0. The first kappa shape index (κ1) is 17.8. The molecule has 4 heterocycles. The van der Waals surface area contributed by atoms with E-state index < -0.39 is 30.6 Å². The Bertz CT molecular complexity index is 1030. The zero-order valence-corrected chi connectivity index (χ0v) is 15.8. The van der Waals surface area contributed by atoms with Gasteiger partial charge in [0.1, 0.15) is 36.4 Å². The normalized spacial score (nSPS) is 29.9. The lowest BCUT2D eigenvalue weighted by atomic mass is 9.91. The Morgan fingerprint density at radius 2 is 1.96 bits per heavy atom. The molecule has 146 valence electrons. The van der Waals surface area contributed by atoms with E-state index in [1.165, 1.54) is 17.5 Å². The van der Waals surface area contributed by atoms with E-state index in [4.69, 9.17) is 9.47 Å². The molecule has 7 heteroatoms. The Kier molecular flexibility index (Phi) is 4.21. The molecule has 3 aromatic rings. The highest BCUT2D eigenvalue weighted by Crippen LogP contribution is 2.41. The van der Waals surface area contributed by atoms with Crippen molar-refractivity contribution in [1.29, 1.82) is 0 Å².